The number of hydrogen-bond acceptors (Lipinski definition) is 5. The van der Waals surface area contributed by atoms with E-state index in [-0.39, 0.29) is 10.1 Å². The van der Waals surface area contributed by atoms with Gasteiger partial charge in [-0.25, -0.2) is 13.4 Å². The van der Waals surface area contributed by atoms with E-state index in [0.717, 1.165) is 28.2 Å². The van der Waals surface area contributed by atoms with Gasteiger partial charge in [0.15, 0.2) is 0 Å². The Bertz CT molecular complexity index is 1310. The number of carbonyl (C=O) groups is 1. The lowest BCUT2D eigenvalue weighted by molar-refractivity contribution is 0.0956. The minimum atomic E-state index is -3.62. The zero-order valence-electron chi connectivity index (χ0n) is 16.4. The largest absolute Gasteiger partial charge is 0.352 e. The quantitative estimate of drug-likeness (QED) is 0.476. The second-order valence-electron chi connectivity index (χ2n) is 6.67. The molecule has 7 nitrogen and oxygen atoms in total. The molecule has 30 heavy (non-hydrogen) atoms. The number of anilines is 1. The first-order valence-corrected chi connectivity index (χ1v) is 11.7. The van der Waals surface area contributed by atoms with Crippen molar-refractivity contribution >= 4 is 44.0 Å². The number of sulfonamides is 1. The molecule has 0 aliphatic carbocycles. The maximum Gasteiger partial charge on any atom is 0.271 e. The lowest BCUT2D eigenvalue weighted by atomic mass is 10.1. The molecule has 0 aliphatic heterocycles. The van der Waals surface area contributed by atoms with E-state index in [4.69, 9.17) is 0 Å². The number of hydrogen-bond donors (Lipinski definition) is 2. The van der Waals surface area contributed by atoms with Gasteiger partial charge in [-0.05, 0) is 48.7 Å². The van der Waals surface area contributed by atoms with Crippen molar-refractivity contribution in [2.24, 2.45) is 7.05 Å². The number of aromatic nitrogens is 2. The summed E-state index contributed by atoms with van der Waals surface area (Å²) in [6, 6.07) is 15.8. The van der Waals surface area contributed by atoms with E-state index < -0.39 is 10.0 Å². The standard InChI is InChI=1S/C21H20N4O3S2/c1-3-22-21(26)15-8-6-14(7-9-15)20-23-17-13-16(10-11-18(17)25(20)2)24-30(27,28)19-5-4-12-29-19/h4-13,24H,3H2,1-2H3,(H,22,26). The smallest absolute Gasteiger partial charge is 0.271 e. The number of nitrogens with one attached hydrogen (secondary N) is 2. The predicted molar refractivity (Wildman–Crippen MR) is 119 cm³/mol. The van der Waals surface area contributed by atoms with Gasteiger partial charge in [0.2, 0.25) is 0 Å². The minimum Gasteiger partial charge on any atom is -0.352 e. The van der Waals surface area contributed by atoms with E-state index in [0.29, 0.717) is 23.3 Å². The van der Waals surface area contributed by atoms with Crippen LogP contribution in [0.25, 0.3) is 22.4 Å². The first kappa shape index (κ1) is 20.1. The van der Waals surface area contributed by atoms with Crippen molar-refractivity contribution in [2.45, 2.75) is 11.1 Å². The van der Waals surface area contributed by atoms with Crippen molar-refractivity contribution in [1.29, 1.82) is 0 Å². The molecule has 0 fully saturated rings. The van der Waals surface area contributed by atoms with Crippen molar-refractivity contribution < 1.29 is 13.2 Å². The van der Waals surface area contributed by atoms with Crippen molar-refractivity contribution in [3.63, 3.8) is 0 Å². The molecule has 2 N–H and O–H groups in total. The maximum absolute atomic E-state index is 12.5. The van der Waals surface area contributed by atoms with Gasteiger partial charge in [0.1, 0.15) is 10.0 Å². The molecule has 0 atom stereocenters. The van der Waals surface area contributed by atoms with Gasteiger partial charge in [0, 0.05) is 24.7 Å². The van der Waals surface area contributed by atoms with Crippen LogP contribution in [0.15, 0.2) is 64.2 Å². The van der Waals surface area contributed by atoms with Gasteiger partial charge < -0.3 is 9.88 Å². The molecule has 2 aromatic heterocycles. The predicted octanol–water partition coefficient (Wildman–Crippen LogP) is 3.85. The van der Waals surface area contributed by atoms with E-state index in [1.54, 1.807) is 41.8 Å². The van der Waals surface area contributed by atoms with E-state index in [1.165, 1.54) is 0 Å². The number of nitrogens with zero attached hydrogens (tertiary/aromatic N) is 2. The molecule has 0 saturated carbocycles. The fourth-order valence-electron chi connectivity index (χ4n) is 3.18. The minimum absolute atomic E-state index is 0.114. The molecule has 0 unspecified atom stereocenters. The summed E-state index contributed by atoms with van der Waals surface area (Å²) in [5.41, 5.74) is 3.45. The molecular formula is C21H20N4O3S2. The summed E-state index contributed by atoms with van der Waals surface area (Å²) in [6.45, 7) is 2.45. The molecule has 0 aliphatic rings. The highest BCUT2D eigenvalue weighted by Crippen LogP contribution is 2.27. The summed E-state index contributed by atoms with van der Waals surface area (Å²) < 4.78 is 29.7. The topological polar surface area (TPSA) is 93.1 Å². The van der Waals surface area contributed by atoms with Crippen LogP contribution in [0.3, 0.4) is 0 Å². The second kappa shape index (κ2) is 7.92. The van der Waals surface area contributed by atoms with Crippen LogP contribution in [0, 0.1) is 0 Å². The molecular weight excluding hydrogens is 420 g/mol. The normalized spacial score (nSPS) is 11.5. The van der Waals surface area contributed by atoms with Crippen LogP contribution in [-0.4, -0.2) is 30.4 Å². The fourth-order valence-corrected chi connectivity index (χ4v) is 5.22. The summed E-state index contributed by atoms with van der Waals surface area (Å²) in [5.74, 6) is 0.613. The number of benzene rings is 2. The SMILES string of the molecule is CCNC(=O)c1ccc(-c2nc3cc(NS(=O)(=O)c4cccs4)ccc3n2C)cc1. The van der Waals surface area contributed by atoms with Crippen molar-refractivity contribution in [3.8, 4) is 11.4 Å². The third kappa shape index (κ3) is 3.81. The Morgan fingerprint density at radius 2 is 1.90 bits per heavy atom. The number of carbonyl (C=O) groups excluding carboxylic acids is 1. The Balaban J connectivity index is 1.65. The molecule has 9 heteroatoms. The van der Waals surface area contributed by atoms with Crippen LogP contribution < -0.4 is 10.0 Å². The number of fused-ring (bicyclic) bond motifs is 1. The fraction of sp³-hybridized carbons (Fsp3) is 0.143. The molecule has 0 radical (unpaired) electrons. The summed E-state index contributed by atoms with van der Waals surface area (Å²) in [7, 11) is -1.72. The highest BCUT2D eigenvalue weighted by Gasteiger charge is 2.17. The molecule has 1 amide bonds. The molecule has 0 bridgehead atoms. The van der Waals surface area contributed by atoms with Gasteiger partial charge in [0.25, 0.3) is 15.9 Å². The summed E-state index contributed by atoms with van der Waals surface area (Å²) in [6.07, 6.45) is 0. The van der Waals surface area contributed by atoms with Crippen LogP contribution in [0.2, 0.25) is 0 Å². The van der Waals surface area contributed by atoms with Crippen LogP contribution in [-0.2, 0) is 17.1 Å². The van der Waals surface area contributed by atoms with E-state index in [9.17, 15) is 13.2 Å². The van der Waals surface area contributed by atoms with Crippen LogP contribution in [0.5, 0.6) is 0 Å². The highest BCUT2D eigenvalue weighted by molar-refractivity contribution is 7.94. The number of imidazole rings is 1. The monoisotopic (exact) mass is 440 g/mol. The Morgan fingerprint density at radius 1 is 1.13 bits per heavy atom. The average molecular weight is 441 g/mol. The van der Waals surface area contributed by atoms with Crippen molar-refractivity contribution in [1.82, 2.24) is 14.9 Å². The highest BCUT2D eigenvalue weighted by atomic mass is 32.2. The van der Waals surface area contributed by atoms with Gasteiger partial charge >= 0.3 is 0 Å². The first-order chi connectivity index (χ1) is 14.4. The van der Waals surface area contributed by atoms with E-state index in [1.807, 2.05) is 36.7 Å². The zero-order valence-corrected chi connectivity index (χ0v) is 18.0. The molecule has 154 valence electrons. The summed E-state index contributed by atoms with van der Waals surface area (Å²) >= 11 is 1.16. The first-order valence-electron chi connectivity index (χ1n) is 9.30. The van der Waals surface area contributed by atoms with Crippen molar-refractivity contribution in [3.05, 3.63) is 65.5 Å². The third-order valence-corrected chi connectivity index (χ3v) is 7.41. The Labute approximate surface area is 178 Å². The maximum atomic E-state index is 12.5. The molecule has 0 saturated heterocycles. The molecule has 2 heterocycles. The molecule has 0 spiro atoms. The summed E-state index contributed by atoms with van der Waals surface area (Å²) in [5, 5.41) is 4.50. The number of rotatable bonds is 6. The molecule has 4 aromatic rings. The van der Waals surface area contributed by atoms with E-state index >= 15 is 0 Å². The Morgan fingerprint density at radius 3 is 2.57 bits per heavy atom. The van der Waals surface area contributed by atoms with Gasteiger partial charge in [-0.15, -0.1) is 11.3 Å². The molecule has 4 rings (SSSR count). The van der Waals surface area contributed by atoms with Gasteiger partial charge in [-0.1, -0.05) is 18.2 Å². The lowest BCUT2D eigenvalue weighted by Gasteiger charge is -2.06. The van der Waals surface area contributed by atoms with Crippen LogP contribution in [0.1, 0.15) is 17.3 Å². The Kier molecular flexibility index (Phi) is 5.31. The number of amides is 1. The zero-order chi connectivity index (χ0) is 21.3. The van der Waals surface area contributed by atoms with Crippen molar-refractivity contribution in [2.75, 3.05) is 11.3 Å². The van der Waals surface area contributed by atoms with Gasteiger partial charge in [0.05, 0.1) is 16.7 Å². The molecule has 2 aromatic carbocycles. The number of thiophene rings is 1. The number of aryl methyl sites for hydroxylation is 1. The van der Waals surface area contributed by atoms with Crippen LogP contribution in [0.4, 0.5) is 5.69 Å². The average Bonchev–Trinajstić information content (AvgIpc) is 3.37. The Hall–Kier alpha value is -3.17. The van der Waals surface area contributed by atoms with Gasteiger partial charge in [-0.2, -0.15) is 0 Å². The van der Waals surface area contributed by atoms with Gasteiger partial charge in [-0.3, -0.25) is 9.52 Å². The second-order valence-corrected chi connectivity index (χ2v) is 9.53. The summed E-state index contributed by atoms with van der Waals surface area (Å²) in [4.78, 5) is 16.6. The lowest BCUT2D eigenvalue weighted by Crippen LogP contribution is -2.22. The van der Waals surface area contributed by atoms with Crippen LogP contribution >= 0.6 is 11.3 Å². The van der Waals surface area contributed by atoms with E-state index in [2.05, 4.69) is 15.0 Å². The third-order valence-electron chi connectivity index (χ3n) is 4.64.